The Hall–Kier alpha value is -1.90. The first-order chi connectivity index (χ1) is 11.8. The van der Waals surface area contributed by atoms with Crippen LogP contribution in [0.5, 0.6) is 0 Å². The molecule has 0 bridgehead atoms. The molecule has 116 valence electrons. The van der Waals surface area contributed by atoms with Crippen LogP contribution in [0.4, 0.5) is 0 Å². The Kier molecular flexibility index (Phi) is 4.26. The minimum Gasteiger partial charge on any atom is -0.0616 e. The summed E-state index contributed by atoms with van der Waals surface area (Å²) in [7, 11) is 0. The molecule has 0 N–H and O–H groups in total. The van der Waals surface area contributed by atoms with Crippen molar-refractivity contribution in [3.8, 4) is 22.3 Å². The molecule has 0 nitrogen and oxygen atoms in total. The van der Waals surface area contributed by atoms with Crippen LogP contribution < -0.4 is 0 Å². The van der Waals surface area contributed by atoms with Gasteiger partial charge < -0.3 is 0 Å². The zero-order valence-electron chi connectivity index (χ0n) is 12.8. The van der Waals surface area contributed by atoms with E-state index in [1.54, 1.807) is 0 Å². The molecule has 0 aliphatic carbocycles. The van der Waals surface area contributed by atoms with Crippen molar-refractivity contribution in [3.63, 3.8) is 0 Å². The third-order valence-corrected chi connectivity index (χ3v) is 5.62. The van der Waals surface area contributed by atoms with Crippen LogP contribution in [0.15, 0.2) is 93.9 Å². The van der Waals surface area contributed by atoms with E-state index in [1.165, 1.54) is 33.0 Å². The second-order valence-electron chi connectivity index (χ2n) is 5.67. The number of fused-ring (bicyclic) bond motifs is 1. The second-order valence-corrected chi connectivity index (χ2v) is 7.38. The summed E-state index contributed by atoms with van der Waals surface area (Å²) in [6, 6.07) is 29.8. The monoisotopic (exact) mass is 436 g/mol. The maximum atomic E-state index is 3.73. The van der Waals surface area contributed by atoms with Gasteiger partial charge in [-0.3, -0.25) is 0 Å². The normalized spacial score (nSPS) is 10.9. The van der Waals surface area contributed by atoms with Gasteiger partial charge in [-0.1, -0.05) is 105 Å². The first kappa shape index (κ1) is 15.6. The van der Waals surface area contributed by atoms with Crippen LogP contribution in [0.1, 0.15) is 0 Å². The van der Waals surface area contributed by atoms with Crippen molar-refractivity contribution in [3.05, 3.63) is 93.9 Å². The summed E-state index contributed by atoms with van der Waals surface area (Å²) in [6.07, 6.45) is 0. The fraction of sp³-hybridized carbons (Fsp3) is 0. The summed E-state index contributed by atoms with van der Waals surface area (Å²) in [5.74, 6) is 0. The maximum absolute atomic E-state index is 3.73. The summed E-state index contributed by atoms with van der Waals surface area (Å²) in [5, 5.41) is 2.51. The summed E-state index contributed by atoms with van der Waals surface area (Å²) in [6.45, 7) is 0. The van der Waals surface area contributed by atoms with Crippen LogP contribution in [-0.2, 0) is 0 Å². The van der Waals surface area contributed by atoms with E-state index in [-0.39, 0.29) is 0 Å². The average molecular weight is 438 g/mol. The predicted octanol–water partition coefficient (Wildman–Crippen LogP) is 7.70. The van der Waals surface area contributed by atoms with Gasteiger partial charge in [-0.05, 0) is 45.2 Å². The molecule has 0 saturated heterocycles. The third kappa shape index (κ3) is 2.70. The van der Waals surface area contributed by atoms with E-state index >= 15 is 0 Å². The van der Waals surface area contributed by atoms with Gasteiger partial charge in [-0.2, -0.15) is 0 Å². The van der Waals surface area contributed by atoms with Gasteiger partial charge in [-0.15, -0.1) is 0 Å². The Morgan fingerprint density at radius 3 is 1.75 bits per heavy atom. The molecule has 0 saturated carbocycles. The van der Waals surface area contributed by atoms with E-state index in [9.17, 15) is 0 Å². The van der Waals surface area contributed by atoms with Gasteiger partial charge in [0, 0.05) is 8.95 Å². The molecule has 0 aliphatic heterocycles. The van der Waals surface area contributed by atoms with Gasteiger partial charge in [0.25, 0.3) is 0 Å². The zero-order chi connectivity index (χ0) is 16.5. The molecule has 0 amide bonds. The summed E-state index contributed by atoms with van der Waals surface area (Å²) in [5.41, 5.74) is 4.90. The smallest absolute Gasteiger partial charge is 0.0254 e. The van der Waals surface area contributed by atoms with Crippen LogP contribution in [0.3, 0.4) is 0 Å². The van der Waals surface area contributed by atoms with Crippen LogP contribution in [-0.4, -0.2) is 0 Å². The number of halogens is 2. The van der Waals surface area contributed by atoms with Gasteiger partial charge in [0.2, 0.25) is 0 Å². The van der Waals surface area contributed by atoms with E-state index in [0.29, 0.717) is 0 Å². The van der Waals surface area contributed by atoms with E-state index in [2.05, 4.69) is 111 Å². The average Bonchev–Trinajstić information content (AvgIpc) is 2.62. The predicted molar refractivity (Wildman–Crippen MR) is 110 cm³/mol. The Bertz CT molecular complexity index is 1030. The molecule has 0 spiro atoms. The van der Waals surface area contributed by atoms with Crippen molar-refractivity contribution in [2.75, 3.05) is 0 Å². The minimum absolute atomic E-state index is 1.11. The lowest BCUT2D eigenvalue weighted by atomic mass is 9.90. The van der Waals surface area contributed by atoms with E-state index in [4.69, 9.17) is 0 Å². The van der Waals surface area contributed by atoms with Gasteiger partial charge in [0.1, 0.15) is 0 Å². The third-order valence-electron chi connectivity index (χ3n) is 4.24. The second kappa shape index (κ2) is 6.54. The van der Waals surface area contributed by atoms with Crippen LogP contribution in [0, 0.1) is 0 Å². The van der Waals surface area contributed by atoms with Crippen molar-refractivity contribution in [2.45, 2.75) is 0 Å². The van der Waals surface area contributed by atoms with Crippen molar-refractivity contribution >= 4 is 42.6 Å². The fourth-order valence-corrected chi connectivity index (χ4v) is 4.11. The molecule has 0 heterocycles. The quantitative estimate of drug-likeness (QED) is 0.301. The Balaban J connectivity index is 2.14. The topological polar surface area (TPSA) is 0 Å². The first-order valence-corrected chi connectivity index (χ1v) is 9.36. The molecule has 4 aromatic rings. The first-order valence-electron chi connectivity index (χ1n) is 7.77. The Labute approximate surface area is 158 Å². The molecule has 0 fully saturated rings. The number of benzene rings is 4. The van der Waals surface area contributed by atoms with Crippen molar-refractivity contribution in [1.29, 1.82) is 0 Å². The van der Waals surface area contributed by atoms with Gasteiger partial charge in [0.05, 0.1) is 0 Å². The molecule has 0 aromatic heterocycles. The molecule has 4 rings (SSSR count). The highest BCUT2D eigenvalue weighted by Gasteiger charge is 2.15. The Morgan fingerprint density at radius 2 is 1.04 bits per heavy atom. The highest BCUT2D eigenvalue weighted by molar-refractivity contribution is 9.11. The lowest BCUT2D eigenvalue weighted by Gasteiger charge is -2.16. The summed E-state index contributed by atoms with van der Waals surface area (Å²) < 4.78 is 2.21. The molecule has 0 radical (unpaired) electrons. The number of hydrogen-bond acceptors (Lipinski definition) is 0. The molecule has 0 aliphatic rings. The lowest BCUT2D eigenvalue weighted by Crippen LogP contribution is -1.89. The van der Waals surface area contributed by atoms with Gasteiger partial charge in [0.15, 0.2) is 0 Å². The molecule has 2 heteroatoms. The zero-order valence-corrected chi connectivity index (χ0v) is 16.0. The molecule has 0 unspecified atom stereocenters. The summed E-state index contributed by atoms with van der Waals surface area (Å²) >= 11 is 7.44. The lowest BCUT2D eigenvalue weighted by molar-refractivity contribution is 1.57. The number of hydrogen-bond donors (Lipinski definition) is 0. The maximum Gasteiger partial charge on any atom is 0.0254 e. The SMILES string of the molecule is Brc1ccccc1-c1ccc2ccccc2c1-c1ccccc1Br. The van der Waals surface area contributed by atoms with Crippen molar-refractivity contribution in [1.82, 2.24) is 0 Å². The number of rotatable bonds is 2. The highest BCUT2D eigenvalue weighted by atomic mass is 79.9. The molecular formula is C22H14Br2. The summed E-state index contributed by atoms with van der Waals surface area (Å²) in [4.78, 5) is 0. The van der Waals surface area contributed by atoms with Crippen LogP contribution in [0.25, 0.3) is 33.0 Å². The molecule has 4 aromatic carbocycles. The van der Waals surface area contributed by atoms with Crippen molar-refractivity contribution < 1.29 is 0 Å². The van der Waals surface area contributed by atoms with Crippen molar-refractivity contribution in [2.24, 2.45) is 0 Å². The Morgan fingerprint density at radius 1 is 0.458 bits per heavy atom. The highest BCUT2D eigenvalue weighted by Crippen LogP contribution is 2.42. The van der Waals surface area contributed by atoms with Crippen LogP contribution in [0.2, 0.25) is 0 Å². The fourth-order valence-electron chi connectivity index (χ4n) is 3.13. The van der Waals surface area contributed by atoms with E-state index < -0.39 is 0 Å². The minimum atomic E-state index is 1.11. The van der Waals surface area contributed by atoms with Gasteiger partial charge in [-0.25, -0.2) is 0 Å². The largest absolute Gasteiger partial charge is 0.0616 e. The van der Waals surface area contributed by atoms with E-state index in [1.807, 2.05) is 6.07 Å². The van der Waals surface area contributed by atoms with Gasteiger partial charge >= 0.3 is 0 Å². The molecule has 0 atom stereocenters. The molecule has 24 heavy (non-hydrogen) atoms. The van der Waals surface area contributed by atoms with E-state index in [0.717, 1.165) is 8.95 Å². The van der Waals surface area contributed by atoms with Crippen LogP contribution >= 0.6 is 31.9 Å². The standard InChI is InChI=1S/C22H14Br2/c23-20-11-5-3-9-17(20)18-14-13-15-7-1-2-8-16(15)22(18)19-10-4-6-12-21(19)24/h1-14H. The molecular weight excluding hydrogens is 424 g/mol.